The Kier molecular flexibility index (Phi) is 4.78. The average Bonchev–Trinajstić information content (AvgIpc) is 2.79. The first-order valence-electron chi connectivity index (χ1n) is 6.58. The van der Waals surface area contributed by atoms with Crippen LogP contribution in [0.1, 0.15) is 24.4 Å². The zero-order valence-corrected chi connectivity index (χ0v) is 12.2. The van der Waals surface area contributed by atoms with Gasteiger partial charge in [-0.15, -0.1) is 0 Å². The molecule has 1 aliphatic rings. The number of β-amino-alcohol motifs (C(OH)–C–C–N with tert-alkyl or cyclic N) is 1. The van der Waals surface area contributed by atoms with E-state index in [-0.39, 0.29) is 13.0 Å². The Labute approximate surface area is 125 Å². The Morgan fingerprint density at radius 3 is 2.59 bits per heavy atom. The second-order valence-electron chi connectivity index (χ2n) is 5.21. The molecule has 1 aliphatic heterocycles. The van der Waals surface area contributed by atoms with Gasteiger partial charge in [0.15, 0.2) is 0 Å². The average molecular weight is 341 g/mol. The van der Waals surface area contributed by atoms with Gasteiger partial charge in [-0.05, 0) is 24.1 Å². The maximum Gasteiger partial charge on any atom is 0.390 e. The molecule has 0 unspecified atom stereocenters. The predicted octanol–water partition coefficient (Wildman–Crippen LogP) is 2.22. The zero-order chi connectivity index (χ0) is 16.5. The number of nitrogens with zero attached hydrogens (tertiary/aromatic N) is 1. The van der Waals surface area contributed by atoms with Gasteiger partial charge in [-0.25, -0.2) is 12.8 Å². The van der Waals surface area contributed by atoms with Crippen molar-refractivity contribution < 1.29 is 31.1 Å². The molecule has 2 rings (SSSR count). The lowest BCUT2D eigenvalue weighted by Crippen LogP contribution is -2.35. The van der Waals surface area contributed by atoms with Crippen molar-refractivity contribution in [2.24, 2.45) is 0 Å². The molecule has 0 saturated carbocycles. The Morgan fingerprint density at radius 1 is 1.32 bits per heavy atom. The normalized spacial score (nSPS) is 23.9. The topological polar surface area (TPSA) is 57.6 Å². The Morgan fingerprint density at radius 2 is 2.00 bits per heavy atom. The van der Waals surface area contributed by atoms with Crippen LogP contribution in [0.2, 0.25) is 0 Å². The smallest absolute Gasteiger partial charge is 0.390 e. The predicted molar refractivity (Wildman–Crippen MR) is 70.9 cm³/mol. The molecule has 0 aromatic heterocycles. The van der Waals surface area contributed by atoms with Crippen molar-refractivity contribution in [2.45, 2.75) is 31.2 Å². The molecular formula is C13H15F4NO3S. The number of aliphatic hydroxyl groups excluding tert-OH is 1. The molecule has 0 spiro atoms. The molecule has 1 aromatic rings. The van der Waals surface area contributed by atoms with E-state index in [9.17, 15) is 31.1 Å². The molecule has 0 bridgehead atoms. The third-order valence-corrected chi connectivity index (χ3v) is 5.31. The van der Waals surface area contributed by atoms with Gasteiger partial charge in [-0.3, -0.25) is 0 Å². The first kappa shape index (κ1) is 17.2. The van der Waals surface area contributed by atoms with Gasteiger partial charge in [0.1, 0.15) is 5.82 Å². The fourth-order valence-electron chi connectivity index (χ4n) is 2.47. The Bertz CT molecular complexity index is 632. The van der Waals surface area contributed by atoms with Gasteiger partial charge in [0.25, 0.3) is 0 Å². The lowest BCUT2D eigenvalue weighted by molar-refractivity contribution is -0.130. The number of alkyl halides is 3. The van der Waals surface area contributed by atoms with Crippen molar-refractivity contribution in [1.82, 2.24) is 4.31 Å². The molecule has 1 heterocycles. The van der Waals surface area contributed by atoms with Crippen molar-refractivity contribution in [3.8, 4) is 0 Å². The second kappa shape index (κ2) is 6.13. The highest BCUT2D eigenvalue weighted by molar-refractivity contribution is 7.89. The minimum Gasteiger partial charge on any atom is -0.392 e. The minimum absolute atomic E-state index is 0.0225. The summed E-state index contributed by atoms with van der Waals surface area (Å²) in [5, 5.41) is 9.67. The SMILES string of the molecule is O=S(=O)(CCC(F)(F)F)N1C[C@H](O)C[C@@H]1c1cccc(F)c1. The third kappa shape index (κ3) is 4.17. The van der Waals surface area contributed by atoms with Crippen LogP contribution in [0.4, 0.5) is 17.6 Å². The number of aliphatic hydroxyl groups is 1. The number of hydrogen-bond donors (Lipinski definition) is 1. The van der Waals surface area contributed by atoms with Crippen LogP contribution in [0.15, 0.2) is 24.3 Å². The lowest BCUT2D eigenvalue weighted by Gasteiger charge is -2.24. The molecular weight excluding hydrogens is 326 g/mol. The van der Waals surface area contributed by atoms with Crippen LogP contribution in [-0.4, -0.2) is 42.4 Å². The maximum atomic E-state index is 13.3. The van der Waals surface area contributed by atoms with Gasteiger partial charge in [-0.2, -0.15) is 17.5 Å². The minimum atomic E-state index is -4.58. The van der Waals surface area contributed by atoms with Crippen LogP contribution in [0.3, 0.4) is 0 Å². The molecule has 1 N–H and O–H groups in total. The third-order valence-electron chi connectivity index (χ3n) is 3.47. The highest BCUT2D eigenvalue weighted by atomic mass is 32.2. The van der Waals surface area contributed by atoms with Crippen LogP contribution >= 0.6 is 0 Å². The van der Waals surface area contributed by atoms with E-state index >= 15 is 0 Å². The van der Waals surface area contributed by atoms with Crippen LogP contribution < -0.4 is 0 Å². The molecule has 22 heavy (non-hydrogen) atoms. The number of rotatable bonds is 4. The Balaban J connectivity index is 2.24. The van der Waals surface area contributed by atoms with E-state index in [0.29, 0.717) is 5.56 Å². The first-order chi connectivity index (χ1) is 10.1. The van der Waals surface area contributed by atoms with Gasteiger partial charge in [0, 0.05) is 6.54 Å². The van der Waals surface area contributed by atoms with Gasteiger partial charge < -0.3 is 5.11 Å². The van der Waals surface area contributed by atoms with Crippen molar-refractivity contribution >= 4 is 10.0 Å². The van der Waals surface area contributed by atoms with E-state index in [1.165, 1.54) is 18.2 Å². The van der Waals surface area contributed by atoms with Gasteiger partial charge in [0.05, 0.1) is 24.3 Å². The molecule has 0 aliphatic carbocycles. The highest BCUT2D eigenvalue weighted by Crippen LogP contribution is 2.35. The van der Waals surface area contributed by atoms with Crippen LogP contribution in [0.5, 0.6) is 0 Å². The van der Waals surface area contributed by atoms with Crippen LogP contribution in [0, 0.1) is 5.82 Å². The van der Waals surface area contributed by atoms with Crippen LogP contribution in [0.25, 0.3) is 0 Å². The quantitative estimate of drug-likeness (QED) is 0.855. The van der Waals surface area contributed by atoms with Crippen molar-refractivity contribution in [2.75, 3.05) is 12.3 Å². The van der Waals surface area contributed by atoms with E-state index < -0.39 is 46.3 Å². The van der Waals surface area contributed by atoms with Crippen molar-refractivity contribution in [3.05, 3.63) is 35.6 Å². The number of halogens is 4. The fraction of sp³-hybridized carbons (Fsp3) is 0.538. The first-order valence-corrected chi connectivity index (χ1v) is 8.19. The Hall–Kier alpha value is -1.19. The molecule has 1 saturated heterocycles. The summed E-state index contributed by atoms with van der Waals surface area (Å²) in [5.74, 6) is -1.67. The summed E-state index contributed by atoms with van der Waals surface area (Å²) in [7, 11) is -4.21. The summed E-state index contributed by atoms with van der Waals surface area (Å²) in [6, 6.07) is 4.31. The standard InChI is InChI=1S/C13H15F4NO3S/c14-10-3-1-2-9(6-10)12-7-11(19)8-18(12)22(20,21)5-4-13(15,16)17/h1-3,6,11-12,19H,4-5,7-8H2/t11-,12-/m1/s1. The van der Waals surface area contributed by atoms with E-state index in [4.69, 9.17) is 0 Å². The van der Waals surface area contributed by atoms with E-state index in [2.05, 4.69) is 0 Å². The van der Waals surface area contributed by atoms with Crippen molar-refractivity contribution in [1.29, 1.82) is 0 Å². The largest absolute Gasteiger partial charge is 0.392 e. The molecule has 1 aromatic carbocycles. The number of sulfonamides is 1. The highest BCUT2D eigenvalue weighted by Gasteiger charge is 2.41. The summed E-state index contributed by atoms with van der Waals surface area (Å²) < 4.78 is 75.0. The van der Waals surface area contributed by atoms with Gasteiger partial charge in [-0.1, -0.05) is 12.1 Å². The molecule has 2 atom stereocenters. The molecule has 4 nitrogen and oxygen atoms in total. The van der Waals surface area contributed by atoms with Gasteiger partial charge in [0.2, 0.25) is 10.0 Å². The summed E-state index contributed by atoms with van der Waals surface area (Å²) in [4.78, 5) is 0. The molecule has 1 fully saturated rings. The second-order valence-corrected chi connectivity index (χ2v) is 7.25. The summed E-state index contributed by atoms with van der Waals surface area (Å²) in [6.45, 7) is -0.290. The van der Waals surface area contributed by atoms with E-state index in [0.717, 1.165) is 10.4 Å². The van der Waals surface area contributed by atoms with Gasteiger partial charge >= 0.3 is 6.18 Å². The fourth-order valence-corrected chi connectivity index (χ4v) is 4.19. The van der Waals surface area contributed by atoms with Crippen LogP contribution in [-0.2, 0) is 10.0 Å². The number of benzene rings is 1. The summed E-state index contributed by atoms with van der Waals surface area (Å²) in [5.41, 5.74) is 0.312. The molecule has 124 valence electrons. The molecule has 0 amide bonds. The van der Waals surface area contributed by atoms with E-state index in [1.54, 1.807) is 0 Å². The molecule has 9 heteroatoms. The lowest BCUT2D eigenvalue weighted by atomic mass is 10.0. The summed E-state index contributed by atoms with van der Waals surface area (Å²) >= 11 is 0. The maximum absolute atomic E-state index is 13.3. The monoisotopic (exact) mass is 341 g/mol. The molecule has 0 radical (unpaired) electrons. The zero-order valence-electron chi connectivity index (χ0n) is 11.4. The van der Waals surface area contributed by atoms with E-state index in [1.807, 2.05) is 0 Å². The number of hydrogen-bond acceptors (Lipinski definition) is 3. The summed E-state index contributed by atoms with van der Waals surface area (Å²) in [6.07, 6.45) is -7.01. The van der Waals surface area contributed by atoms with Crippen molar-refractivity contribution in [3.63, 3.8) is 0 Å².